The molecule has 0 atom stereocenters. The van der Waals surface area contributed by atoms with E-state index in [0.29, 0.717) is 10.7 Å². The van der Waals surface area contributed by atoms with Crippen molar-refractivity contribution in [2.75, 3.05) is 11.9 Å². The molecular weight excluding hydrogens is 281 g/mol. The van der Waals surface area contributed by atoms with Crippen molar-refractivity contribution in [1.29, 1.82) is 0 Å². The number of halogens is 4. The third-order valence-corrected chi connectivity index (χ3v) is 3.26. The summed E-state index contributed by atoms with van der Waals surface area (Å²) in [5.41, 5.74) is -1.38. The van der Waals surface area contributed by atoms with Crippen LogP contribution in [0.2, 0.25) is 5.02 Å². The molecule has 1 aromatic rings. The van der Waals surface area contributed by atoms with Crippen LogP contribution in [0.1, 0.15) is 12.8 Å². The quantitative estimate of drug-likeness (QED) is 0.896. The van der Waals surface area contributed by atoms with E-state index in [9.17, 15) is 18.0 Å². The van der Waals surface area contributed by atoms with E-state index in [1.165, 1.54) is 0 Å². The Morgan fingerprint density at radius 2 is 1.84 bits per heavy atom. The van der Waals surface area contributed by atoms with Crippen molar-refractivity contribution in [3.05, 3.63) is 29.3 Å². The average molecular weight is 293 g/mol. The first kappa shape index (κ1) is 14.1. The van der Waals surface area contributed by atoms with Crippen LogP contribution in [0.4, 0.5) is 18.9 Å². The number of hydrogen-bond acceptors (Lipinski definition) is 2. The van der Waals surface area contributed by atoms with Gasteiger partial charge in [-0.1, -0.05) is 11.6 Å². The summed E-state index contributed by atoms with van der Waals surface area (Å²) in [6.07, 6.45) is -4.27. The third kappa shape index (κ3) is 3.39. The highest BCUT2D eigenvalue weighted by molar-refractivity contribution is 6.30. The van der Waals surface area contributed by atoms with E-state index < -0.39 is 17.6 Å². The minimum absolute atomic E-state index is 0.0186. The molecule has 0 bridgehead atoms. The zero-order valence-electron chi connectivity index (χ0n) is 9.85. The number of alkyl halides is 3. The number of amides is 1. The van der Waals surface area contributed by atoms with Crippen molar-refractivity contribution in [1.82, 2.24) is 5.32 Å². The minimum Gasteiger partial charge on any atom is -0.325 e. The normalized spacial score (nSPS) is 17.1. The second kappa shape index (κ2) is 5.02. The maximum Gasteiger partial charge on any atom is 0.406 e. The summed E-state index contributed by atoms with van der Waals surface area (Å²) < 4.78 is 37.8. The largest absolute Gasteiger partial charge is 0.406 e. The van der Waals surface area contributed by atoms with Crippen molar-refractivity contribution in [2.45, 2.75) is 24.6 Å². The fourth-order valence-electron chi connectivity index (χ4n) is 1.67. The Morgan fingerprint density at radius 1 is 1.26 bits per heavy atom. The summed E-state index contributed by atoms with van der Waals surface area (Å²) >= 11 is 5.68. The lowest BCUT2D eigenvalue weighted by molar-refractivity contribution is -0.165. The number of benzene rings is 1. The molecule has 19 heavy (non-hydrogen) atoms. The first-order valence-corrected chi connectivity index (χ1v) is 6.07. The number of anilines is 1. The van der Waals surface area contributed by atoms with Gasteiger partial charge in [0.1, 0.15) is 5.54 Å². The summed E-state index contributed by atoms with van der Waals surface area (Å²) in [7, 11) is 0. The van der Waals surface area contributed by atoms with Crippen molar-refractivity contribution in [3.8, 4) is 0 Å². The van der Waals surface area contributed by atoms with E-state index in [2.05, 4.69) is 10.6 Å². The maximum atomic E-state index is 12.6. The smallest absolute Gasteiger partial charge is 0.325 e. The molecule has 0 saturated heterocycles. The summed E-state index contributed by atoms with van der Waals surface area (Å²) in [5.74, 6) is -0.516. The average Bonchev–Trinajstić information content (AvgIpc) is 3.10. The van der Waals surface area contributed by atoms with Crippen LogP contribution in [0.5, 0.6) is 0 Å². The lowest BCUT2D eigenvalue weighted by Crippen LogP contribution is -2.47. The molecule has 0 unspecified atom stereocenters. The molecule has 0 radical (unpaired) electrons. The van der Waals surface area contributed by atoms with E-state index in [4.69, 9.17) is 11.6 Å². The molecule has 0 aromatic heterocycles. The Labute approximate surface area is 113 Å². The molecule has 1 fully saturated rings. The highest BCUT2D eigenvalue weighted by Crippen LogP contribution is 2.48. The van der Waals surface area contributed by atoms with Crippen LogP contribution in [0.3, 0.4) is 0 Å². The van der Waals surface area contributed by atoms with Crippen LogP contribution < -0.4 is 10.6 Å². The molecule has 0 spiro atoms. The molecule has 2 rings (SSSR count). The van der Waals surface area contributed by atoms with Gasteiger partial charge in [0.25, 0.3) is 0 Å². The number of carbonyl (C=O) groups excluding carboxylic acids is 1. The van der Waals surface area contributed by atoms with Crippen LogP contribution in [0.15, 0.2) is 24.3 Å². The predicted molar refractivity (Wildman–Crippen MR) is 66.1 cm³/mol. The monoisotopic (exact) mass is 292 g/mol. The van der Waals surface area contributed by atoms with Gasteiger partial charge in [-0.3, -0.25) is 10.1 Å². The van der Waals surface area contributed by atoms with Gasteiger partial charge in [-0.15, -0.1) is 0 Å². The number of nitrogens with one attached hydrogen (secondary N) is 2. The number of rotatable bonds is 4. The van der Waals surface area contributed by atoms with Crippen molar-refractivity contribution < 1.29 is 18.0 Å². The van der Waals surface area contributed by atoms with Crippen LogP contribution in [-0.2, 0) is 4.79 Å². The molecule has 0 aliphatic heterocycles. The highest BCUT2D eigenvalue weighted by Gasteiger charge is 2.63. The second-order valence-corrected chi connectivity index (χ2v) is 4.92. The Morgan fingerprint density at radius 3 is 2.32 bits per heavy atom. The first-order chi connectivity index (χ1) is 8.82. The Balaban J connectivity index is 1.84. The van der Waals surface area contributed by atoms with Crippen LogP contribution >= 0.6 is 11.6 Å². The standard InChI is InChI=1S/C12H12ClF3N2O/c13-8-1-3-9(4-2-8)18-10(19)7-17-11(5-6-11)12(14,15)16/h1-4,17H,5-7H2,(H,18,19). The minimum atomic E-state index is -4.31. The van der Waals surface area contributed by atoms with E-state index in [-0.39, 0.29) is 19.4 Å². The maximum absolute atomic E-state index is 12.6. The van der Waals surface area contributed by atoms with Gasteiger partial charge in [-0.25, -0.2) is 0 Å². The number of hydrogen-bond donors (Lipinski definition) is 2. The van der Waals surface area contributed by atoms with E-state index in [1.807, 2.05) is 0 Å². The fourth-order valence-corrected chi connectivity index (χ4v) is 1.80. The summed E-state index contributed by atoms with van der Waals surface area (Å²) in [5, 5.41) is 5.29. The number of carbonyl (C=O) groups is 1. The molecule has 7 heteroatoms. The molecule has 2 N–H and O–H groups in total. The van der Waals surface area contributed by atoms with Gasteiger partial charge >= 0.3 is 6.18 Å². The van der Waals surface area contributed by atoms with Gasteiger partial charge < -0.3 is 5.32 Å². The third-order valence-electron chi connectivity index (χ3n) is 3.01. The lowest BCUT2D eigenvalue weighted by atomic mass is 10.2. The first-order valence-electron chi connectivity index (χ1n) is 5.70. The topological polar surface area (TPSA) is 41.1 Å². The highest BCUT2D eigenvalue weighted by atomic mass is 35.5. The van der Waals surface area contributed by atoms with Gasteiger partial charge in [-0.05, 0) is 37.1 Å². The molecule has 1 aromatic carbocycles. The molecule has 1 aliphatic rings. The Hall–Kier alpha value is -1.27. The molecule has 1 aliphatic carbocycles. The van der Waals surface area contributed by atoms with E-state index >= 15 is 0 Å². The Kier molecular flexibility index (Phi) is 3.73. The molecule has 104 valence electrons. The summed E-state index contributed by atoms with van der Waals surface area (Å²) in [6.45, 7) is -0.373. The zero-order valence-corrected chi connectivity index (χ0v) is 10.6. The summed E-state index contributed by atoms with van der Waals surface area (Å²) in [4.78, 5) is 11.5. The summed E-state index contributed by atoms with van der Waals surface area (Å²) in [6, 6.07) is 6.33. The van der Waals surface area contributed by atoms with Gasteiger partial charge in [-0.2, -0.15) is 13.2 Å². The van der Waals surface area contributed by atoms with Gasteiger partial charge in [0, 0.05) is 10.7 Å². The molecule has 3 nitrogen and oxygen atoms in total. The van der Waals surface area contributed by atoms with Crippen molar-refractivity contribution >= 4 is 23.2 Å². The lowest BCUT2D eigenvalue weighted by Gasteiger charge is -2.20. The molecular formula is C12H12ClF3N2O. The molecule has 1 amide bonds. The predicted octanol–water partition coefficient (Wildman–Crippen LogP) is 2.96. The molecule has 0 heterocycles. The second-order valence-electron chi connectivity index (χ2n) is 4.49. The van der Waals surface area contributed by atoms with Crippen LogP contribution in [0, 0.1) is 0 Å². The molecule has 1 saturated carbocycles. The SMILES string of the molecule is O=C(CNC1(C(F)(F)F)CC1)Nc1ccc(Cl)cc1. The fraction of sp³-hybridized carbons (Fsp3) is 0.417. The van der Waals surface area contributed by atoms with Crippen molar-refractivity contribution in [2.24, 2.45) is 0 Å². The van der Waals surface area contributed by atoms with Crippen molar-refractivity contribution in [3.63, 3.8) is 0 Å². The zero-order chi connectivity index (χ0) is 14.1. The van der Waals surface area contributed by atoms with Gasteiger partial charge in [0.2, 0.25) is 5.91 Å². The van der Waals surface area contributed by atoms with Crippen LogP contribution in [0.25, 0.3) is 0 Å². The Bertz CT molecular complexity index is 469. The van der Waals surface area contributed by atoms with E-state index in [1.54, 1.807) is 24.3 Å². The van der Waals surface area contributed by atoms with E-state index in [0.717, 1.165) is 0 Å². The van der Waals surface area contributed by atoms with Crippen LogP contribution in [-0.4, -0.2) is 24.2 Å². The van der Waals surface area contributed by atoms with Gasteiger partial charge in [0.05, 0.1) is 6.54 Å². The van der Waals surface area contributed by atoms with Gasteiger partial charge in [0.15, 0.2) is 0 Å².